The number of carboxylic acids is 1. The molecule has 3 heterocycles. The Balaban J connectivity index is 1.27. The molecule has 1 fully saturated rings. The minimum atomic E-state index is -1.02. The van der Waals surface area contributed by atoms with Crippen molar-refractivity contribution in [3.05, 3.63) is 53.5 Å². The van der Waals surface area contributed by atoms with Crippen molar-refractivity contribution in [1.82, 2.24) is 20.0 Å². The van der Waals surface area contributed by atoms with Crippen LogP contribution in [0.25, 0.3) is 10.9 Å². The number of carbonyl (C=O) groups is 1. The van der Waals surface area contributed by atoms with Gasteiger partial charge in [-0.2, -0.15) is 4.98 Å². The number of carboxylic acid groups (broad SMARTS) is 1. The van der Waals surface area contributed by atoms with E-state index in [-0.39, 0.29) is 19.1 Å². The fourth-order valence-corrected chi connectivity index (χ4v) is 5.19. The summed E-state index contributed by atoms with van der Waals surface area (Å²) in [6, 6.07) is 9.06. The van der Waals surface area contributed by atoms with Crippen molar-refractivity contribution < 1.29 is 19.8 Å². The second kappa shape index (κ2) is 10.8. The number of aliphatic carboxylic acids is 1. The highest BCUT2D eigenvalue weighted by atomic mass is 16.7. The average molecular weight is 492 g/mol. The number of pyridine rings is 1. The number of fused-ring (bicyclic) bond motifs is 2. The van der Waals surface area contributed by atoms with Crippen LogP contribution in [0.4, 0.5) is 5.82 Å². The van der Waals surface area contributed by atoms with Gasteiger partial charge in [-0.1, -0.05) is 12.1 Å². The summed E-state index contributed by atoms with van der Waals surface area (Å²) in [7, 11) is 0. The van der Waals surface area contributed by atoms with Crippen LogP contribution in [0, 0.1) is 12.8 Å². The van der Waals surface area contributed by atoms with Gasteiger partial charge in [0.2, 0.25) is 5.88 Å². The van der Waals surface area contributed by atoms with Crippen LogP contribution in [0.3, 0.4) is 0 Å². The molecule has 0 saturated heterocycles. The van der Waals surface area contributed by atoms with E-state index in [1.807, 2.05) is 25.1 Å². The molecule has 1 atom stereocenters. The molecule has 1 saturated carbocycles. The van der Waals surface area contributed by atoms with Gasteiger partial charge in [0.25, 0.3) is 0 Å². The average Bonchev–Trinajstić information content (AvgIpc) is 2.85. The van der Waals surface area contributed by atoms with Crippen LogP contribution in [0.15, 0.2) is 36.7 Å². The van der Waals surface area contributed by atoms with Crippen LogP contribution in [0.2, 0.25) is 0 Å². The molecule has 0 bridgehead atoms. The smallest absolute Gasteiger partial charge is 0.324 e. The molecule has 3 aromatic rings. The van der Waals surface area contributed by atoms with Crippen LogP contribution in [0.5, 0.6) is 5.88 Å². The Kier molecular flexibility index (Phi) is 7.29. The van der Waals surface area contributed by atoms with E-state index in [4.69, 9.17) is 9.82 Å². The summed E-state index contributed by atoms with van der Waals surface area (Å²) in [5.74, 6) is 0.788. The van der Waals surface area contributed by atoms with Crippen LogP contribution >= 0.6 is 0 Å². The highest BCUT2D eigenvalue weighted by molar-refractivity contribution is 5.83. The number of benzene rings is 1. The van der Waals surface area contributed by atoms with Crippen LogP contribution in [-0.2, 0) is 17.6 Å². The van der Waals surface area contributed by atoms with Gasteiger partial charge in [0.15, 0.2) is 0 Å². The van der Waals surface area contributed by atoms with E-state index < -0.39 is 12.0 Å². The van der Waals surface area contributed by atoms with E-state index in [1.165, 1.54) is 17.0 Å². The van der Waals surface area contributed by atoms with E-state index in [2.05, 4.69) is 27.4 Å². The lowest BCUT2D eigenvalue weighted by molar-refractivity contribution is -0.187. The van der Waals surface area contributed by atoms with Gasteiger partial charge in [0.05, 0.1) is 10.9 Å². The lowest BCUT2D eigenvalue weighted by Gasteiger charge is -2.43. The molecule has 1 aliphatic heterocycles. The minimum Gasteiger partial charge on any atom is -0.480 e. The Morgan fingerprint density at radius 3 is 2.92 bits per heavy atom. The SMILES string of the molecule is Cc1ccc2c(ON(C3CC(CCc4ccc5c(n4)NCCC5)C3)[C@@H](CCO)C(=O)O)ncnc2c1. The fraction of sp³-hybridized carbons (Fsp3) is 0.481. The second-order valence-corrected chi connectivity index (χ2v) is 9.89. The lowest BCUT2D eigenvalue weighted by atomic mass is 9.76. The number of nitrogens with one attached hydrogen (secondary N) is 1. The molecule has 3 N–H and O–H groups in total. The Hall–Kier alpha value is -3.30. The monoisotopic (exact) mass is 491 g/mol. The standard InChI is InChI=1S/C27H33N5O4/c1-17-4-9-22-23(13-17)29-16-30-26(22)36-32(24(10-12-33)27(34)35)21-14-18(15-21)5-7-20-8-6-19-3-2-11-28-25(19)31-20/h4,6,8-9,13,16,18,21,24,33H,2-3,5,7,10-12,14-15H2,1H3,(H,28,31)(H,34,35)/t18?,21?,24-/m0/s1. The van der Waals surface area contributed by atoms with Crippen molar-refractivity contribution in [2.24, 2.45) is 5.92 Å². The third-order valence-electron chi connectivity index (χ3n) is 7.27. The number of aliphatic hydroxyl groups is 1. The van der Waals surface area contributed by atoms with Crippen molar-refractivity contribution >= 4 is 22.7 Å². The molecule has 0 amide bonds. The lowest BCUT2D eigenvalue weighted by Crippen LogP contribution is -2.54. The van der Waals surface area contributed by atoms with E-state index in [0.29, 0.717) is 11.8 Å². The molecule has 0 unspecified atom stereocenters. The minimum absolute atomic E-state index is 0.0729. The maximum Gasteiger partial charge on any atom is 0.324 e. The Morgan fingerprint density at radius 1 is 1.25 bits per heavy atom. The van der Waals surface area contributed by atoms with Crippen LogP contribution in [-0.4, -0.2) is 61.4 Å². The quantitative estimate of drug-likeness (QED) is 0.366. The summed E-state index contributed by atoms with van der Waals surface area (Å²) >= 11 is 0. The third-order valence-corrected chi connectivity index (χ3v) is 7.27. The molecule has 5 rings (SSSR count). The number of anilines is 1. The van der Waals surface area contributed by atoms with Crippen LogP contribution < -0.4 is 10.2 Å². The van der Waals surface area contributed by atoms with Gasteiger partial charge in [-0.05, 0) is 87.1 Å². The number of aromatic nitrogens is 3. The molecule has 36 heavy (non-hydrogen) atoms. The first kappa shape index (κ1) is 24.4. The predicted molar refractivity (Wildman–Crippen MR) is 136 cm³/mol. The number of aliphatic hydroxyl groups excluding tert-OH is 1. The molecule has 1 aromatic carbocycles. The largest absolute Gasteiger partial charge is 0.480 e. The highest BCUT2D eigenvalue weighted by Crippen LogP contribution is 2.37. The number of hydrogen-bond acceptors (Lipinski definition) is 8. The maximum absolute atomic E-state index is 12.1. The fourth-order valence-electron chi connectivity index (χ4n) is 5.19. The second-order valence-electron chi connectivity index (χ2n) is 9.89. The number of aryl methyl sites for hydroxylation is 3. The summed E-state index contributed by atoms with van der Waals surface area (Å²) in [6.45, 7) is 2.72. The predicted octanol–water partition coefficient (Wildman–Crippen LogP) is 3.53. The van der Waals surface area contributed by atoms with E-state index >= 15 is 0 Å². The zero-order chi connectivity index (χ0) is 25.1. The van der Waals surface area contributed by atoms with Gasteiger partial charge in [-0.25, -0.2) is 9.97 Å². The van der Waals surface area contributed by atoms with E-state index in [9.17, 15) is 15.0 Å². The van der Waals surface area contributed by atoms with Gasteiger partial charge in [-0.3, -0.25) is 4.79 Å². The van der Waals surface area contributed by atoms with Crippen LogP contribution in [0.1, 0.15) is 48.9 Å². The molecule has 0 spiro atoms. The zero-order valence-electron chi connectivity index (χ0n) is 20.6. The van der Waals surface area contributed by atoms with Gasteiger partial charge in [0.1, 0.15) is 18.2 Å². The molecule has 2 aliphatic rings. The molecule has 0 radical (unpaired) electrons. The molecular formula is C27H33N5O4. The van der Waals surface area contributed by atoms with Crippen molar-refractivity contribution in [1.29, 1.82) is 0 Å². The summed E-state index contributed by atoms with van der Waals surface area (Å²) in [5.41, 5.74) is 4.19. The first-order valence-corrected chi connectivity index (χ1v) is 12.8. The summed E-state index contributed by atoms with van der Waals surface area (Å²) in [5, 5.41) is 25.1. The van der Waals surface area contributed by atoms with E-state index in [1.54, 1.807) is 0 Å². The van der Waals surface area contributed by atoms with Crippen molar-refractivity contribution in [3.8, 4) is 5.88 Å². The normalized spacial score (nSPS) is 19.9. The number of hydrogen-bond donors (Lipinski definition) is 3. The summed E-state index contributed by atoms with van der Waals surface area (Å²) in [6.07, 6.45) is 7.25. The van der Waals surface area contributed by atoms with Gasteiger partial charge >= 0.3 is 5.97 Å². The van der Waals surface area contributed by atoms with Crippen molar-refractivity contribution in [2.45, 2.75) is 64.0 Å². The van der Waals surface area contributed by atoms with Crippen molar-refractivity contribution in [2.75, 3.05) is 18.5 Å². The zero-order valence-corrected chi connectivity index (χ0v) is 20.6. The maximum atomic E-state index is 12.1. The Labute approximate surface area is 210 Å². The third kappa shape index (κ3) is 5.27. The molecular weight excluding hydrogens is 458 g/mol. The Bertz CT molecular complexity index is 1230. The molecule has 190 valence electrons. The summed E-state index contributed by atoms with van der Waals surface area (Å²) < 4.78 is 0. The number of hydroxylamine groups is 2. The summed E-state index contributed by atoms with van der Waals surface area (Å²) in [4.78, 5) is 31.7. The highest BCUT2D eigenvalue weighted by Gasteiger charge is 2.41. The van der Waals surface area contributed by atoms with Crippen molar-refractivity contribution in [3.63, 3.8) is 0 Å². The molecule has 9 heteroatoms. The number of nitrogens with zero attached hydrogens (tertiary/aromatic N) is 4. The Morgan fingerprint density at radius 2 is 2.11 bits per heavy atom. The molecule has 1 aliphatic carbocycles. The van der Waals surface area contributed by atoms with Gasteiger partial charge in [0, 0.05) is 24.9 Å². The van der Waals surface area contributed by atoms with Gasteiger partial charge in [-0.15, -0.1) is 5.06 Å². The van der Waals surface area contributed by atoms with Gasteiger partial charge < -0.3 is 20.4 Å². The first-order valence-electron chi connectivity index (χ1n) is 12.8. The van der Waals surface area contributed by atoms with E-state index in [0.717, 1.165) is 73.0 Å². The topological polar surface area (TPSA) is 121 Å². The number of rotatable bonds is 10. The first-order chi connectivity index (χ1) is 17.5. The molecule has 2 aromatic heterocycles. The molecule has 9 nitrogen and oxygen atoms in total.